The predicted molar refractivity (Wildman–Crippen MR) is 112 cm³/mol. The smallest absolute Gasteiger partial charge is 0.223 e. The Bertz CT molecular complexity index is 897. The molecule has 2 heterocycles. The van der Waals surface area contributed by atoms with Crippen LogP contribution in [-0.2, 0) is 29.7 Å². The second-order valence-corrected chi connectivity index (χ2v) is 8.13. The monoisotopic (exact) mass is 433 g/mol. The largest absolute Gasteiger partial charge is 0.352 e. The van der Waals surface area contributed by atoms with Gasteiger partial charge in [0.2, 0.25) is 11.8 Å². The van der Waals surface area contributed by atoms with Gasteiger partial charge in [-0.1, -0.05) is 6.42 Å². The molecule has 2 aromatic rings. The van der Waals surface area contributed by atoms with E-state index in [0.29, 0.717) is 25.1 Å². The number of aromatic nitrogens is 2. The highest BCUT2D eigenvalue weighted by Gasteiger charge is 2.27. The van der Waals surface area contributed by atoms with Gasteiger partial charge in [0.15, 0.2) is 0 Å². The molecule has 0 aliphatic carbocycles. The third-order valence-corrected chi connectivity index (χ3v) is 5.68. The highest BCUT2D eigenvalue weighted by atomic mass is 19.1. The van der Waals surface area contributed by atoms with E-state index in [1.165, 1.54) is 12.1 Å². The lowest BCUT2D eigenvalue weighted by Gasteiger charge is -2.24. The van der Waals surface area contributed by atoms with Crippen LogP contribution in [0.5, 0.6) is 0 Å². The number of benzene rings is 1. The van der Waals surface area contributed by atoms with Gasteiger partial charge in [-0.25, -0.2) is 13.8 Å². The van der Waals surface area contributed by atoms with Gasteiger partial charge in [0, 0.05) is 64.0 Å². The van der Waals surface area contributed by atoms with Gasteiger partial charge in [0.25, 0.3) is 0 Å². The molecule has 0 spiro atoms. The van der Waals surface area contributed by atoms with E-state index in [9.17, 15) is 18.4 Å². The van der Waals surface area contributed by atoms with Crippen LogP contribution in [0.1, 0.15) is 37.1 Å². The lowest BCUT2D eigenvalue weighted by atomic mass is 9.96. The topological polar surface area (TPSA) is 79.3 Å². The first-order valence-corrected chi connectivity index (χ1v) is 10.5. The van der Waals surface area contributed by atoms with Gasteiger partial charge in [-0.05, 0) is 30.5 Å². The van der Waals surface area contributed by atoms with E-state index in [1.54, 1.807) is 18.1 Å². The molecule has 1 fully saturated rings. The average molecular weight is 434 g/mol. The molecule has 0 radical (unpaired) electrons. The van der Waals surface area contributed by atoms with Crippen LogP contribution in [0.3, 0.4) is 0 Å². The Hall–Kier alpha value is -2.81. The highest BCUT2D eigenvalue weighted by Crippen LogP contribution is 2.19. The van der Waals surface area contributed by atoms with Crippen LogP contribution in [-0.4, -0.2) is 45.9 Å². The van der Waals surface area contributed by atoms with Gasteiger partial charge < -0.3 is 20.1 Å². The molecular weight excluding hydrogens is 404 g/mol. The van der Waals surface area contributed by atoms with Crippen molar-refractivity contribution in [2.75, 3.05) is 13.6 Å². The highest BCUT2D eigenvalue weighted by molar-refractivity contribution is 5.85. The number of rotatable bonds is 6. The van der Waals surface area contributed by atoms with Gasteiger partial charge in [-0.3, -0.25) is 9.59 Å². The Balaban J connectivity index is 1.56. The Kier molecular flexibility index (Phi) is 7.73. The molecule has 9 heteroatoms. The third kappa shape index (κ3) is 6.58. The zero-order chi connectivity index (χ0) is 22.4. The molecule has 1 saturated heterocycles. The number of carbonyl (C=O) groups excluding carboxylic acids is 2. The van der Waals surface area contributed by atoms with Gasteiger partial charge in [-0.15, -0.1) is 0 Å². The SMILES string of the molecule is CN1C[C@H](NCc2nccn2C)CCC[C@@H](C(=O)NCc2cc(F)cc(F)c2)CC1=O. The summed E-state index contributed by atoms with van der Waals surface area (Å²) in [6.07, 6.45) is 5.93. The first-order chi connectivity index (χ1) is 14.8. The Morgan fingerprint density at radius 1 is 1.16 bits per heavy atom. The van der Waals surface area contributed by atoms with Crippen LogP contribution in [0, 0.1) is 17.6 Å². The maximum absolute atomic E-state index is 13.3. The van der Waals surface area contributed by atoms with Crippen molar-refractivity contribution in [2.45, 2.75) is 44.8 Å². The molecule has 31 heavy (non-hydrogen) atoms. The zero-order valence-corrected chi connectivity index (χ0v) is 17.9. The van der Waals surface area contributed by atoms with E-state index < -0.39 is 17.6 Å². The Morgan fingerprint density at radius 2 is 1.90 bits per heavy atom. The molecule has 0 saturated carbocycles. The van der Waals surface area contributed by atoms with Crippen LogP contribution < -0.4 is 10.6 Å². The number of aryl methyl sites for hydroxylation is 1. The molecule has 1 aromatic heterocycles. The summed E-state index contributed by atoms with van der Waals surface area (Å²) < 4.78 is 28.6. The van der Waals surface area contributed by atoms with Crippen molar-refractivity contribution in [3.8, 4) is 0 Å². The average Bonchev–Trinajstić information content (AvgIpc) is 3.14. The van der Waals surface area contributed by atoms with Crippen LogP contribution >= 0.6 is 0 Å². The predicted octanol–water partition coefficient (Wildman–Crippen LogP) is 2.12. The molecule has 3 rings (SSSR count). The Morgan fingerprint density at radius 3 is 2.58 bits per heavy atom. The van der Waals surface area contributed by atoms with Gasteiger partial charge in [0.05, 0.1) is 6.54 Å². The lowest BCUT2D eigenvalue weighted by Crippen LogP contribution is -2.42. The molecule has 0 unspecified atom stereocenters. The molecule has 0 bridgehead atoms. The number of likely N-dealkylation sites (N-methyl/N-ethyl adjacent to an activating group) is 1. The van der Waals surface area contributed by atoms with Crippen LogP contribution in [0.25, 0.3) is 0 Å². The summed E-state index contributed by atoms with van der Waals surface area (Å²) in [6, 6.07) is 3.26. The first kappa shape index (κ1) is 22.9. The van der Waals surface area contributed by atoms with Crippen LogP contribution in [0.15, 0.2) is 30.6 Å². The number of hydrogen-bond acceptors (Lipinski definition) is 4. The normalized spacial score (nSPS) is 20.1. The summed E-state index contributed by atoms with van der Waals surface area (Å²) in [6.45, 7) is 1.17. The number of carbonyl (C=O) groups is 2. The summed E-state index contributed by atoms with van der Waals surface area (Å²) >= 11 is 0. The van der Waals surface area contributed by atoms with Crippen molar-refractivity contribution in [2.24, 2.45) is 13.0 Å². The number of nitrogens with one attached hydrogen (secondary N) is 2. The van der Waals surface area contributed by atoms with E-state index in [0.717, 1.165) is 24.7 Å². The van der Waals surface area contributed by atoms with Crippen molar-refractivity contribution < 1.29 is 18.4 Å². The van der Waals surface area contributed by atoms with Crippen molar-refractivity contribution in [3.63, 3.8) is 0 Å². The molecule has 7 nitrogen and oxygen atoms in total. The van der Waals surface area contributed by atoms with Crippen molar-refractivity contribution in [1.82, 2.24) is 25.1 Å². The van der Waals surface area contributed by atoms with Crippen LogP contribution in [0.2, 0.25) is 0 Å². The number of amides is 2. The number of nitrogens with zero attached hydrogens (tertiary/aromatic N) is 3. The minimum absolute atomic E-state index is 0.0158. The Labute approximate surface area is 180 Å². The van der Waals surface area contributed by atoms with Gasteiger partial charge in [0.1, 0.15) is 17.5 Å². The molecule has 1 aliphatic heterocycles. The molecule has 168 valence electrons. The van der Waals surface area contributed by atoms with Crippen LogP contribution in [0.4, 0.5) is 8.78 Å². The van der Waals surface area contributed by atoms with Gasteiger partial charge >= 0.3 is 0 Å². The lowest BCUT2D eigenvalue weighted by molar-refractivity contribution is -0.135. The zero-order valence-electron chi connectivity index (χ0n) is 17.9. The van der Waals surface area contributed by atoms with E-state index in [1.807, 2.05) is 17.8 Å². The van der Waals surface area contributed by atoms with E-state index in [-0.39, 0.29) is 30.8 Å². The summed E-state index contributed by atoms with van der Waals surface area (Å²) in [5, 5.41) is 6.18. The first-order valence-electron chi connectivity index (χ1n) is 10.5. The van der Waals surface area contributed by atoms with E-state index in [2.05, 4.69) is 15.6 Å². The van der Waals surface area contributed by atoms with Crippen molar-refractivity contribution in [3.05, 3.63) is 53.6 Å². The summed E-state index contributed by atoms with van der Waals surface area (Å²) in [4.78, 5) is 31.3. The fraction of sp³-hybridized carbons (Fsp3) is 0.500. The van der Waals surface area contributed by atoms with Crippen molar-refractivity contribution >= 4 is 11.8 Å². The molecule has 1 aromatic carbocycles. The van der Waals surface area contributed by atoms with Crippen molar-refractivity contribution in [1.29, 1.82) is 0 Å². The molecule has 2 atom stereocenters. The third-order valence-electron chi connectivity index (χ3n) is 5.68. The number of hydrogen-bond donors (Lipinski definition) is 2. The maximum atomic E-state index is 13.3. The fourth-order valence-corrected chi connectivity index (χ4v) is 3.84. The molecular formula is C22H29F2N5O2. The second-order valence-electron chi connectivity index (χ2n) is 8.13. The summed E-state index contributed by atoms with van der Waals surface area (Å²) in [5.74, 6) is -1.30. The van der Waals surface area contributed by atoms with E-state index in [4.69, 9.17) is 0 Å². The minimum atomic E-state index is -0.687. The fourth-order valence-electron chi connectivity index (χ4n) is 3.84. The number of imidazole rings is 1. The maximum Gasteiger partial charge on any atom is 0.223 e. The molecule has 2 N–H and O–H groups in total. The minimum Gasteiger partial charge on any atom is -0.352 e. The quantitative estimate of drug-likeness (QED) is 0.732. The summed E-state index contributed by atoms with van der Waals surface area (Å²) in [7, 11) is 3.68. The summed E-state index contributed by atoms with van der Waals surface area (Å²) in [5.41, 5.74) is 0.343. The molecule has 1 aliphatic rings. The van der Waals surface area contributed by atoms with E-state index >= 15 is 0 Å². The molecule has 2 amide bonds. The van der Waals surface area contributed by atoms with Gasteiger partial charge in [-0.2, -0.15) is 0 Å². The standard InChI is InChI=1S/C22H29F2N5O2/c1-28-7-6-25-20(28)13-26-19-5-3-4-16(10-21(30)29(2)14-19)22(31)27-12-15-8-17(23)11-18(24)9-15/h6-9,11,16,19,26H,3-5,10,12-14H2,1-2H3,(H,27,31)/t16-,19-/m1/s1. The number of halogens is 2. The second kappa shape index (κ2) is 10.5.